The van der Waals surface area contributed by atoms with Gasteiger partial charge in [-0.05, 0) is 24.8 Å². The van der Waals surface area contributed by atoms with Crippen molar-refractivity contribution < 1.29 is 5.11 Å². The number of aliphatic hydroxyl groups is 1. The number of hydrogen-bond acceptors (Lipinski definition) is 2. The smallest absolute Gasteiger partial charge is 0.0445 e. The zero-order valence-corrected chi connectivity index (χ0v) is 8.32. The van der Waals surface area contributed by atoms with Crippen LogP contribution in [0, 0.1) is 0 Å². The summed E-state index contributed by atoms with van der Waals surface area (Å²) in [4.78, 5) is 0. The van der Waals surface area contributed by atoms with Crippen molar-refractivity contribution in [3.63, 3.8) is 0 Å². The molecule has 1 aromatic rings. The first-order valence-corrected chi connectivity index (χ1v) is 5.32. The van der Waals surface area contributed by atoms with Gasteiger partial charge in [0.2, 0.25) is 0 Å². The van der Waals surface area contributed by atoms with Crippen LogP contribution in [0.25, 0.3) is 0 Å². The van der Waals surface area contributed by atoms with Gasteiger partial charge in [0.05, 0.1) is 0 Å². The van der Waals surface area contributed by atoms with Gasteiger partial charge in [-0.1, -0.05) is 30.3 Å². The summed E-state index contributed by atoms with van der Waals surface area (Å²) in [6, 6.07) is 11.5. The van der Waals surface area contributed by atoms with E-state index >= 15 is 0 Å². The predicted octanol–water partition coefficient (Wildman–Crippen LogP) is 1.86. The van der Waals surface area contributed by atoms with Crippen molar-refractivity contribution in [2.75, 3.05) is 6.61 Å². The summed E-state index contributed by atoms with van der Waals surface area (Å²) in [6.45, 7) is 0.291. The number of hydrogen-bond donors (Lipinski definition) is 2. The molecule has 1 fully saturated rings. The third kappa shape index (κ3) is 2.14. The maximum atomic E-state index is 8.84. The lowest BCUT2D eigenvalue weighted by molar-refractivity contribution is 0.269. The summed E-state index contributed by atoms with van der Waals surface area (Å²) < 4.78 is 0. The van der Waals surface area contributed by atoms with E-state index in [1.807, 2.05) is 6.07 Å². The Kier molecular flexibility index (Phi) is 3.17. The van der Waals surface area contributed by atoms with E-state index in [1.54, 1.807) is 0 Å². The summed E-state index contributed by atoms with van der Waals surface area (Å²) in [7, 11) is 0. The Bertz CT molecular complexity index is 273. The fraction of sp³-hybridized carbons (Fsp3) is 0.500. The monoisotopic (exact) mass is 191 g/mol. The Balaban J connectivity index is 1.96. The molecule has 1 heterocycles. The molecule has 14 heavy (non-hydrogen) atoms. The number of aliphatic hydroxyl groups excluding tert-OH is 1. The maximum absolute atomic E-state index is 8.84. The van der Waals surface area contributed by atoms with E-state index in [4.69, 9.17) is 5.11 Å². The molecule has 1 aliphatic heterocycles. The van der Waals surface area contributed by atoms with E-state index in [1.165, 1.54) is 18.4 Å². The van der Waals surface area contributed by atoms with Crippen molar-refractivity contribution in [3.8, 4) is 0 Å². The van der Waals surface area contributed by atoms with Crippen LogP contribution in [0.2, 0.25) is 0 Å². The molecule has 0 spiro atoms. The van der Waals surface area contributed by atoms with Gasteiger partial charge in [0, 0.05) is 18.7 Å². The molecule has 1 aliphatic rings. The van der Waals surface area contributed by atoms with Crippen LogP contribution < -0.4 is 5.32 Å². The van der Waals surface area contributed by atoms with E-state index in [-0.39, 0.29) is 0 Å². The van der Waals surface area contributed by atoms with Crippen molar-refractivity contribution in [1.29, 1.82) is 0 Å². The average molecular weight is 191 g/mol. The molecule has 2 rings (SSSR count). The lowest BCUT2D eigenvalue weighted by Gasteiger charge is -2.13. The zero-order valence-electron chi connectivity index (χ0n) is 8.32. The van der Waals surface area contributed by atoms with Crippen molar-refractivity contribution in [2.45, 2.75) is 31.3 Å². The number of nitrogens with one attached hydrogen (secondary N) is 1. The molecule has 0 amide bonds. The van der Waals surface area contributed by atoms with Crippen molar-refractivity contribution in [3.05, 3.63) is 35.9 Å². The summed E-state index contributed by atoms with van der Waals surface area (Å²) in [5, 5.41) is 12.4. The Hall–Kier alpha value is -0.860. The van der Waals surface area contributed by atoms with Crippen LogP contribution in [0.4, 0.5) is 0 Å². The SMILES string of the molecule is OCCC1CC[C@@H](c2ccccc2)N1. The second-order valence-corrected chi connectivity index (χ2v) is 3.92. The molecule has 1 unspecified atom stereocenters. The van der Waals surface area contributed by atoms with E-state index in [2.05, 4.69) is 29.6 Å². The molecular formula is C12H17NO. The quantitative estimate of drug-likeness (QED) is 0.764. The topological polar surface area (TPSA) is 32.3 Å². The van der Waals surface area contributed by atoms with Crippen LogP contribution in [0.15, 0.2) is 30.3 Å². The zero-order chi connectivity index (χ0) is 9.80. The Labute approximate surface area is 85.0 Å². The fourth-order valence-corrected chi connectivity index (χ4v) is 2.15. The van der Waals surface area contributed by atoms with Gasteiger partial charge in [-0.2, -0.15) is 0 Å². The van der Waals surface area contributed by atoms with Gasteiger partial charge < -0.3 is 10.4 Å². The van der Waals surface area contributed by atoms with E-state index in [9.17, 15) is 0 Å². The van der Waals surface area contributed by atoms with Crippen LogP contribution in [0.5, 0.6) is 0 Å². The Morgan fingerprint density at radius 3 is 2.71 bits per heavy atom. The molecule has 0 saturated carbocycles. The Morgan fingerprint density at radius 1 is 1.21 bits per heavy atom. The summed E-state index contributed by atoms with van der Waals surface area (Å²) in [5.74, 6) is 0. The summed E-state index contributed by atoms with van der Waals surface area (Å²) in [5.41, 5.74) is 1.37. The van der Waals surface area contributed by atoms with Gasteiger partial charge in [0.1, 0.15) is 0 Å². The molecule has 0 aliphatic carbocycles. The Morgan fingerprint density at radius 2 is 2.00 bits per heavy atom. The van der Waals surface area contributed by atoms with Gasteiger partial charge in [-0.15, -0.1) is 0 Å². The van der Waals surface area contributed by atoms with Crippen LogP contribution >= 0.6 is 0 Å². The second kappa shape index (κ2) is 4.58. The highest BCUT2D eigenvalue weighted by Gasteiger charge is 2.23. The van der Waals surface area contributed by atoms with Crippen molar-refractivity contribution in [2.24, 2.45) is 0 Å². The van der Waals surface area contributed by atoms with Gasteiger partial charge in [0.15, 0.2) is 0 Å². The van der Waals surface area contributed by atoms with Crippen molar-refractivity contribution >= 4 is 0 Å². The van der Waals surface area contributed by atoms with E-state index in [0.29, 0.717) is 18.7 Å². The molecule has 0 radical (unpaired) electrons. The van der Waals surface area contributed by atoms with Crippen molar-refractivity contribution in [1.82, 2.24) is 5.32 Å². The highest BCUT2D eigenvalue weighted by Crippen LogP contribution is 2.27. The highest BCUT2D eigenvalue weighted by molar-refractivity contribution is 5.20. The molecule has 76 valence electrons. The normalized spacial score (nSPS) is 26.6. The fourth-order valence-electron chi connectivity index (χ4n) is 2.15. The van der Waals surface area contributed by atoms with Crippen LogP contribution in [0.3, 0.4) is 0 Å². The minimum absolute atomic E-state index is 0.291. The molecule has 1 aromatic carbocycles. The molecule has 2 nitrogen and oxygen atoms in total. The van der Waals surface area contributed by atoms with Gasteiger partial charge in [0.25, 0.3) is 0 Å². The molecule has 0 aromatic heterocycles. The van der Waals surface area contributed by atoms with Crippen LogP contribution in [-0.4, -0.2) is 17.8 Å². The van der Waals surface area contributed by atoms with Gasteiger partial charge in [-0.25, -0.2) is 0 Å². The summed E-state index contributed by atoms with van der Waals surface area (Å²) >= 11 is 0. The lowest BCUT2D eigenvalue weighted by atomic mass is 10.1. The highest BCUT2D eigenvalue weighted by atomic mass is 16.3. The first kappa shape index (κ1) is 9.69. The minimum Gasteiger partial charge on any atom is -0.396 e. The third-order valence-electron chi connectivity index (χ3n) is 2.92. The molecular weight excluding hydrogens is 174 g/mol. The second-order valence-electron chi connectivity index (χ2n) is 3.92. The molecule has 1 saturated heterocycles. The summed E-state index contributed by atoms with van der Waals surface area (Å²) in [6.07, 6.45) is 3.25. The molecule has 2 atom stereocenters. The molecule has 2 heteroatoms. The number of benzene rings is 1. The largest absolute Gasteiger partial charge is 0.396 e. The molecule has 2 N–H and O–H groups in total. The first-order valence-electron chi connectivity index (χ1n) is 5.32. The standard InChI is InChI=1S/C12H17NO/c14-9-8-11-6-7-12(13-11)10-4-2-1-3-5-10/h1-5,11-14H,6-9H2/t11?,12-/m0/s1. The van der Waals surface area contributed by atoms with Gasteiger partial charge >= 0.3 is 0 Å². The van der Waals surface area contributed by atoms with Crippen LogP contribution in [0.1, 0.15) is 30.9 Å². The predicted molar refractivity (Wildman–Crippen MR) is 57.0 cm³/mol. The minimum atomic E-state index is 0.291. The van der Waals surface area contributed by atoms with Crippen LogP contribution in [-0.2, 0) is 0 Å². The lowest BCUT2D eigenvalue weighted by Crippen LogP contribution is -2.24. The van der Waals surface area contributed by atoms with Gasteiger partial charge in [-0.3, -0.25) is 0 Å². The van der Waals surface area contributed by atoms with E-state index in [0.717, 1.165) is 6.42 Å². The van der Waals surface area contributed by atoms with E-state index < -0.39 is 0 Å². The molecule has 0 bridgehead atoms. The third-order valence-corrected chi connectivity index (χ3v) is 2.92. The maximum Gasteiger partial charge on any atom is 0.0445 e. The average Bonchev–Trinajstić information content (AvgIpc) is 2.68. The number of rotatable bonds is 3. The first-order chi connectivity index (χ1) is 6.90.